The lowest BCUT2D eigenvalue weighted by atomic mass is 9.94. The zero-order valence-corrected chi connectivity index (χ0v) is 11.5. The van der Waals surface area contributed by atoms with Crippen LogP contribution in [-0.2, 0) is 9.59 Å². The topological polar surface area (TPSA) is 40.6 Å². The molecule has 3 unspecified atom stereocenters. The van der Waals surface area contributed by atoms with Crippen LogP contribution < -0.4 is 0 Å². The lowest BCUT2D eigenvalue weighted by Gasteiger charge is -2.46. The Morgan fingerprint density at radius 1 is 1.21 bits per heavy atom. The van der Waals surface area contributed by atoms with E-state index in [9.17, 15) is 9.59 Å². The van der Waals surface area contributed by atoms with Crippen molar-refractivity contribution in [2.75, 3.05) is 6.54 Å². The van der Waals surface area contributed by atoms with Gasteiger partial charge in [0, 0.05) is 12.6 Å². The molecule has 2 heterocycles. The van der Waals surface area contributed by atoms with E-state index in [1.807, 2.05) is 16.7 Å². The maximum Gasteiger partial charge on any atom is 0.246 e. The minimum absolute atomic E-state index is 0.166. The molecule has 0 saturated carbocycles. The van der Waals surface area contributed by atoms with Crippen molar-refractivity contribution in [1.82, 2.24) is 9.80 Å². The minimum atomic E-state index is -0.224. The van der Waals surface area contributed by atoms with Crippen molar-refractivity contribution in [3.05, 3.63) is 12.2 Å². The van der Waals surface area contributed by atoms with Crippen LogP contribution in [-0.4, -0.2) is 46.3 Å². The zero-order valence-electron chi connectivity index (χ0n) is 11.5. The second-order valence-corrected chi connectivity index (χ2v) is 5.80. The van der Waals surface area contributed by atoms with E-state index in [4.69, 9.17) is 0 Å². The van der Waals surface area contributed by atoms with Gasteiger partial charge in [0.15, 0.2) is 0 Å². The molecule has 0 N–H and O–H groups in total. The molecule has 4 heteroatoms. The molecule has 3 rings (SSSR count). The molecule has 2 amide bonds. The van der Waals surface area contributed by atoms with Gasteiger partial charge >= 0.3 is 0 Å². The lowest BCUT2D eigenvalue weighted by molar-refractivity contribution is -0.162. The average Bonchev–Trinajstić information content (AvgIpc) is 2.93. The van der Waals surface area contributed by atoms with Crippen molar-refractivity contribution in [3.63, 3.8) is 0 Å². The van der Waals surface area contributed by atoms with E-state index in [1.165, 1.54) is 0 Å². The summed E-state index contributed by atoms with van der Waals surface area (Å²) in [6, 6.07) is -0.159. The van der Waals surface area contributed by atoms with Gasteiger partial charge in [-0.3, -0.25) is 9.59 Å². The van der Waals surface area contributed by atoms with Crippen LogP contribution in [0, 0.1) is 0 Å². The number of hydrogen-bond acceptors (Lipinski definition) is 2. The Morgan fingerprint density at radius 3 is 2.74 bits per heavy atom. The lowest BCUT2D eigenvalue weighted by Crippen LogP contribution is -2.65. The SMILES string of the molecule is CCC1C(=O)N2CCCC2C(=O)N1C1CC=CCC1. The molecule has 3 aliphatic rings. The molecule has 0 radical (unpaired) electrons. The fourth-order valence-corrected chi connectivity index (χ4v) is 3.76. The number of allylic oxidation sites excluding steroid dienone is 1. The van der Waals surface area contributed by atoms with E-state index < -0.39 is 0 Å². The maximum atomic E-state index is 12.7. The summed E-state index contributed by atoms with van der Waals surface area (Å²) in [7, 11) is 0. The third kappa shape index (κ3) is 1.97. The highest BCUT2D eigenvalue weighted by Gasteiger charge is 2.48. The minimum Gasteiger partial charge on any atom is -0.329 e. The van der Waals surface area contributed by atoms with Crippen LogP contribution in [0.15, 0.2) is 12.2 Å². The second kappa shape index (κ2) is 4.99. The fraction of sp³-hybridized carbons (Fsp3) is 0.733. The molecular formula is C15H22N2O2. The van der Waals surface area contributed by atoms with Crippen LogP contribution in [0.25, 0.3) is 0 Å². The van der Waals surface area contributed by atoms with Gasteiger partial charge in [0.1, 0.15) is 12.1 Å². The number of amides is 2. The number of rotatable bonds is 2. The molecule has 0 aromatic rings. The highest BCUT2D eigenvalue weighted by molar-refractivity contribution is 5.97. The van der Waals surface area contributed by atoms with Crippen molar-refractivity contribution in [3.8, 4) is 0 Å². The van der Waals surface area contributed by atoms with Gasteiger partial charge < -0.3 is 9.80 Å². The molecule has 2 saturated heterocycles. The van der Waals surface area contributed by atoms with Crippen molar-refractivity contribution in [2.45, 2.75) is 63.6 Å². The van der Waals surface area contributed by atoms with Gasteiger partial charge in [-0.2, -0.15) is 0 Å². The third-order valence-corrected chi connectivity index (χ3v) is 4.72. The molecule has 19 heavy (non-hydrogen) atoms. The second-order valence-electron chi connectivity index (χ2n) is 5.80. The largest absolute Gasteiger partial charge is 0.329 e. The molecule has 0 aromatic carbocycles. The number of carbonyl (C=O) groups is 2. The average molecular weight is 262 g/mol. The van der Waals surface area contributed by atoms with Crippen LogP contribution in [0.5, 0.6) is 0 Å². The highest BCUT2D eigenvalue weighted by atomic mass is 16.2. The fourth-order valence-electron chi connectivity index (χ4n) is 3.76. The molecule has 2 aliphatic heterocycles. The van der Waals surface area contributed by atoms with Crippen LogP contribution in [0.3, 0.4) is 0 Å². The van der Waals surface area contributed by atoms with Crippen LogP contribution in [0.2, 0.25) is 0 Å². The molecule has 0 aromatic heterocycles. The van der Waals surface area contributed by atoms with Gasteiger partial charge in [0.05, 0.1) is 0 Å². The summed E-state index contributed by atoms with van der Waals surface area (Å²) in [6.45, 7) is 2.78. The van der Waals surface area contributed by atoms with E-state index in [-0.39, 0.29) is 29.9 Å². The first-order chi connectivity index (χ1) is 9.24. The van der Waals surface area contributed by atoms with Gasteiger partial charge in [0.25, 0.3) is 0 Å². The predicted octanol–water partition coefficient (Wildman–Crippen LogP) is 1.71. The number of carbonyl (C=O) groups excluding carboxylic acids is 2. The van der Waals surface area contributed by atoms with E-state index in [2.05, 4.69) is 12.2 Å². The molecule has 0 spiro atoms. The predicted molar refractivity (Wildman–Crippen MR) is 72.4 cm³/mol. The summed E-state index contributed by atoms with van der Waals surface area (Å²) >= 11 is 0. The van der Waals surface area contributed by atoms with Gasteiger partial charge in [-0.25, -0.2) is 0 Å². The van der Waals surface area contributed by atoms with E-state index in [0.717, 1.165) is 45.1 Å². The Labute approximate surface area is 114 Å². The molecule has 3 atom stereocenters. The molecule has 4 nitrogen and oxygen atoms in total. The Morgan fingerprint density at radius 2 is 2.05 bits per heavy atom. The Bertz CT molecular complexity index is 418. The summed E-state index contributed by atoms with van der Waals surface area (Å²) in [5, 5.41) is 0. The van der Waals surface area contributed by atoms with Crippen molar-refractivity contribution >= 4 is 11.8 Å². The first-order valence-corrected chi connectivity index (χ1v) is 7.51. The van der Waals surface area contributed by atoms with Gasteiger partial charge in [-0.15, -0.1) is 0 Å². The van der Waals surface area contributed by atoms with Gasteiger partial charge in [-0.1, -0.05) is 19.1 Å². The summed E-state index contributed by atoms with van der Waals surface area (Å²) in [6.07, 6.45) is 9.80. The van der Waals surface area contributed by atoms with E-state index >= 15 is 0 Å². The zero-order chi connectivity index (χ0) is 13.4. The first-order valence-electron chi connectivity index (χ1n) is 7.51. The number of piperazine rings is 1. The summed E-state index contributed by atoms with van der Waals surface area (Å²) in [4.78, 5) is 29.0. The number of nitrogens with zero attached hydrogens (tertiary/aromatic N) is 2. The highest BCUT2D eigenvalue weighted by Crippen LogP contribution is 2.32. The molecular weight excluding hydrogens is 240 g/mol. The maximum absolute atomic E-state index is 12.7. The summed E-state index contributed by atoms with van der Waals surface area (Å²) < 4.78 is 0. The first kappa shape index (κ1) is 12.7. The molecule has 2 fully saturated rings. The number of hydrogen-bond donors (Lipinski definition) is 0. The van der Waals surface area contributed by atoms with Crippen molar-refractivity contribution in [2.24, 2.45) is 0 Å². The van der Waals surface area contributed by atoms with Crippen LogP contribution >= 0.6 is 0 Å². The van der Waals surface area contributed by atoms with Crippen molar-refractivity contribution in [1.29, 1.82) is 0 Å². The van der Waals surface area contributed by atoms with Gasteiger partial charge in [-0.05, 0) is 38.5 Å². The smallest absolute Gasteiger partial charge is 0.246 e. The summed E-state index contributed by atoms with van der Waals surface area (Å²) in [5.74, 6) is 0.378. The molecule has 0 bridgehead atoms. The number of fused-ring (bicyclic) bond motifs is 1. The van der Waals surface area contributed by atoms with Crippen LogP contribution in [0.1, 0.15) is 45.4 Å². The normalized spacial score (nSPS) is 34.9. The van der Waals surface area contributed by atoms with Crippen molar-refractivity contribution < 1.29 is 9.59 Å². The summed E-state index contributed by atoms with van der Waals surface area (Å²) in [5.41, 5.74) is 0. The molecule has 104 valence electrons. The van der Waals surface area contributed by atoms with E-state index in [0.29, 0.717) is 0 Å². The Balaban J connectivity index is 1.89. The Kier molecular flexibility index (Phi) is 3.33. The van der Waals surface area contributed by atoms with E-state index in [1.54, 1.807) is 0 Å². The molecule has 1 aliphatic carbocycles. The van der Waals surface area contributed by atoms with Gasteiger partial charge in [0.2, 0.25) is 11.8 Å². The Hall–Kier alpha value is -1.32. The quantitative estimate of drug-likeness (QED) is 0.711. The third-order valence-electron chi connectivity index (χ3n) is 4.72. The standard InChI is InChI=1S/C15H22N2O2/c1-2-12-14(18)16-10-6-9-13(16)15(19)17(12)11-7-4-3-5-8-11/h3-4,11-13H,2,5-10H2,1H3. The monoisotopic (exact) mass is 262 g/mol. The van der Waals surface area contributed by atoms with Crippen LogP contribution in [0.4, 0.5) is 0 Å².